The van der Waals surface area contributed by atoms with Crippen LogP contribution in [0.2, 0.25) is 6.32 Å². The van der Waals surface area contributed by atoms with E-state index in [0.717, 1.165) is 24.7 Å². The van der Waals surface area contributed by atoms with Gasteiger partial charge >= 0.3 is 7.12 Å². The summed E-state index contributed by atoms with van der Waals surface area (Å²) in [5.41, 5.74) is 2.50. The van der Waals surface area contributed by atoms with Gasteiger partial charge in [-0.3, -0.25) is 9.10 Å². The van der Waals surface area contributed by atoms with Crippen LogP contribution in [0.3, 0.4) is 0 Å². The van der Waals surface area contributed by atoms with Gasteiger partial charge in [-0.15, -0.1) is 0 Å². The molecule has 2 aromatic carbocycles. The molecule has 1 aliphatic heterocycles. The summed E-state index contributed by atoms with van der Waals surface area (Å²) in [6.07, 6.45) is 3.52. The zero-order chi connectivity index (χ0) is 24.9. The highest BCUT2D eigenvalue weighted by atomic mass is 32.2. The fraction of sp³-hybridized carbons (Fsp3) is 0.375. The molecule has 1 unspecified atom stereocenters. The fourth-order valence-electron chi connectivity index (χ4n) is 4.66. The first-order valence-corrected chi connectivity index (χ1v) is 13.4. The van der Waals surface area contributed by atoms with Crippen molar-refractivity contribution < 1.29 is 31.7 Å². The van der Waals surface area contributed by atoms with E-state index >= 15 is 0 Å². The van der Waals surface area contributed by atoms with Crippen LogP contribution in [-0.2, 0) is 14.7 Å². The van der Waals surface area contributed by atoms with Gasteiger partial charge in [-0.1, -0.05) is 0 Å². The Balaban J connectivity index is 1.69. The number of carbonyl (C=O) groups excluding carboxylic acids is 1. The first-order chi connectivity index (χ1) is 16.7. The molecule has 1 saturated heterocycles. The molecular formula is C24H26BFN2O6S. The molecular weight excluding hydrogens is 474 g/mol. The standard InChI is InChI=1S/C24H26BFN2O6S/c1-27-24(29)22-19-11-18(14-3-4-14)20(28(35(2,31)32)13-17-9-10-25(30)34-17)12-21(19)33-23(22)15-5-7-16(26)8-6-15/h5-8,11-12,14,17,30H,3-4,9-10,13H2,1-2H3,(H,27,29). The maximum Gasteiger partial charge on any atom is 0.454 e. The predicted octanol–water partition coefficient (Wildman–Crippen LogP) is 3.51. The maximum atomic E-state index is 13.5. The van der Waals surface area contributed by atoms with E-state index in [2.05, 4.69) is 5.32 Å². The van der Waals surface area contributed by atoms with Crippen LogP contribution >= 0.6 is 0 Å². The van der Waals surface area contributed by atoms with E-state index in [4.69, 9.17) is 9.07 Å². The largest absolute Gasteiger partial charge is 0.455 e. The number of sulfonamides is 1. The number of fused-ring (bicyclic) bond motifs is 1. The summed E-state index contributed by atoms with van der Waals surface area (Å²) in [4.78, 5) is 12.9. The molecule has 1 amide bonds. The molecule has 1 atom stereocenters. The Morgan fingerprint density at radius 2 is 1.94 bits per heavy atom. The molecule has 0 spiro atoms. The summed E-state index contributed by atoms with van der Waals surface area (Å²) in [5, 5.41) is 13.0. The Morgan fingerprint density at radius 1 is 1.23 bits per heavy atom. The third-order valence-electron chi connectivity index (χ3n) is 6.54. The van der Waals surface area contributed by atoms with Crippen molar-refractivity contribution in [2.45, 2.75) is 37.6 Å². The van der Waals surface area contributed by atoms with Crippen LogP contribution in [0.4, 0.5) is 10.1 Å². The summed E-state index contributed by atoms with van der Waals surface area (Å²) in [6.45, 7) is 0.0644. The minimum absolute atomic E-state index is 0.0644. The van der Waals surface area contributed by atoms with E-state index in [1.165, 1.54) is 35.6 Å². The summed E-state index contributed by atoms with van der Waals surface area (Å²) < 4.78 is 52.2. The summed E-state index contributed by atoms with van der Waals surface area (Å²) in [6, 6.07) is 9.15. The average molecular weight is 500 g/mol. The molecule has 2 N–H and O–H groups in total. The molecule has 1 aliphatic carbocycles. The van der Waals surface area contributed by atoms with Gasteiger partial charge in [0.05, 0.1) is 30.2 Å². The van der Waals surface area contributed by atoms with Gasteiger partial charge in [0, 0.05) is 24.1 Å². The molecule has 2 aliphatic rings. The number of nitrogens with one attached hydrogen (secondary N) is 1. The number of anilines is 1. The lowest BCUT2D eigenvalue weighted by atomic mass is 9.87. The second-order valence-electron chi connectivity index (χ2n) is 9.16. The van der Waals surface area contributed by atoms with Gasteiger partial charge < -0.3 is 19.4 Å². The Bertz CT molecular complexity index is 1390. The zero-order valence-corrected chi connectivity index (χ0v) is 20.3. The second kappa shape index (κ2) is 8.96. The average Bonchev–Trinajstić information content (AvgIpc) is 3.47. The highest BCUT2D eigenvalue weighted by Crippen LogP contribution is 2.48. The lowest BCUT2D eigenvalue weighted by Crippen LogP contribution is -2.38. The number of nitrogens with zero attached hydrogens (tertiary/aromatic N) is 1. The Hall–Kier alpha value is -2.89. The van der Waals surface area contributed by atoms with E-state index < -0.39 is 29.1 Å². The SMILES string of the molecule is CNC(=O)c1c(-c2ccc(F)cc2)oc2cc(N(CC3CCB(O)O3)S(C)(=O)=O)c(C3CC3)cc12. The Labute approximate surface area is 203 Å². The Kier molecular flexibility index (Phi) is 6.10. The van der Waals surface area contributed by atoms with Crippen LogP contribution in [0.15, 0.2) is 40.8 Å². The number of carbonyl (C=O) groups is 1. The van der Waals surface area contributed by atoms with E-state index in [-0.39, 0.29) is 24.1 Å². The molecule has 1 saturated carbocycles. The van der Waals surface area contributed by atoms with Crippen molar-refractivity contribution in [2.24, 2.45) is 0 Å². The van der Waals surface area contributed by atoms with Gasteiger partial charge in [-0.2, -0.15) is 0 Å². The molecule has 5 rings (SSSR count). The van der Waals surface area contributed by atoms with Crippen LogP contribution in [0, 0.1) is 5.82 Å². The van der Waals surface area contributed by atoms with Gasteiger partial charge in [0.1, 0.15) is 17.2 Å². The molecule has 3 aromatic rings. The maximum absolute atomic E-state index is 13.5. The van der Waals surface area contributed by atoms with Crippen LogP contribution in [0.1, 0.15) is 41.1 Å². The van der Waals surface area contributed by atoms with E-state index in [1.54, 1.807) is 6.07 Å². The minimum Gasteiger partial charge on any atom is -0.455 e. The van der Waals surface area contributed by atoms with Crippen molar-refractivity contribution >= 4 is 39.7 Å². The first kappa shape index (κ1) is 23.8. The monoisotopic (exact) mass is 500 g/mol. The molecule has 184 valence electrons. The van der Waals surface area contributed by atoms with Crippen molar-refractivity contribution in [3.8, 4) is 11.3 Å². The molecule has 35 heavy (non-hydrogen) atoms. The van der Waals surface area contributed by atoms with E-state index in [9.17, 15) is 22.6 Å². The van der Waals surface area contributed by atoms with Gasteiger partial charge in [0.2, 0.25) is 10.0 Å². The van der Waals surface area contributed by atoms with Gasteiger partial charge in [-0.25, -0.2) is 12.8 Å². The van der Waals surface area contributed by atoms with Crippen molar-refractivity contribution in [3.63, 3.8) is 0 Å². The quantitative estimate of drug-likeness (QED) is 0.481. The summed E-state index contributed by atoms with van der Waals surface area (Å²) in [7, 11) is -3.07. The normalized spacial score (nSPS) is 18.3. The predicted molar refractivity (Wildman–Crippen MR) is 131 cm³/mol. The molecule has 0 radical (unpaired) electrons. The third-order valence-corrected chi connectivity index (χ3v) is 7.69. The number of hydrogen-bond donors (Lipinski definition) is 2. The molecule has 2 fully saturated rings. The topological polar surface area (TPSA) is 109 Å². The van der Waals surface area contributed by atoms with Crippen LogP contribution in [-0.4, -0.2) is 52.4 Å². The highest BCUT2D eigenvalue weighted by Gasteiger charge is 2.36. The molecule has 2 heterocycles. The Morgan fingerprint density at radius 3 is 2.51 bits per heavy atom. The van der Waals surface area contributed by atoms with Crippen LogP contribution in [0.5, 0.6) is 0 Å². The number of halogens is 1. The van der Waals surface area contributed by atoms with Gasteiger partial charge in [0.15, 0.2) is 0 Å². The minimum atomic E-state index is -3.69. The number of amides is 1. The van der Waals surface area contributed by atoms with E-state index in [0.29, 0.717) is 40.5 Å². The first-order valence-electron chi connectivity index (χ1n) is 11.6. The lowest BCUT2D eigenvalue weighted by molar-refractivity contribution is 0.0964. The molecule has 8 nitrogen and oxygen atoms in total. The molecule has 1 aromatic heterocycles. The summed E-state index contributed by atoms with van der Waals surface area (Å²) >= 11 is 0. The van der Waals surface area contributed by atoms with Crippen molar-refractivity contribution in [1.82, 2.24) is 5.32 Å². The van der Waals surface area contributed by atoms with Crippen molar-refractivity contribution in [3.05, 3.63) is 53.3 Å². The lowest BCUT2D eigenvalue weighted by Gasteiger charge is -2.27. The molecule has 11 heteroatoms. The zero-order valence-electron chi connectivity index (χ0n) is 19.5. The fourth-order valence-corrected chi connectivity index (χ4v) is 5.61. The highest BCUT2D eigenvalue weighted by molar-refractivity contribution is 7.92. The third kappa shape index (κ3) is 4.67. The summed E-state index contributed by atoms with van der Waals surface area (Å²) in [5.74, 6) is -0.319. The number of rotatable bonds is 7. The van der Waals surface area contributed by atoms with Gasteiger partial charge in [0.25, 0.3) is 5.91 Å². The van der Waals surface area contributed by atoms with Gasteiger partial charge in [-0.05, 0) is 67.4 Å². The molecule has 0 bridgehead atoms. The van der Waals surface area contributed by atoms with Crippen LogP contribution < -0.4 is 9.62 Å². The number of benzene rings is 2. The van der Waals surface area contributed by atoms with Crippen molar-refractivity contribution in [1.29, 1.82) is 0 Å². The smallest absolute Gasteiger partial charge is 0.454 e. The number of furan rings is 1. The van der Waals surface area contributed by atoms with Crippen molar-refractivity contribution in [2.75, 3.05) is 24.2 Å². The number of hydrogen-bond acceptors (Lipinski definition) is 6. The van der Waals surface area contributed by atoms with E-state index in [1.807, 2.05) is 6.07 Å². The second-order valence-corrected chi connectivity index (χ2v) is 11.1. The van der Waals surface area contributed by atoms with Crippen LogP contribution in [0.25, 0.3) is 22.3 Å².